The van der Waals surface area contributed by atoms with Gasteiger partial charge < -0.3 is 19.5 Å². The van der Waals surface area contributed by atoms with Gasteiger partial charge in [-0.15, -0.1) is 0 Å². The zero-order valence-electron chi connectivity index (χ0n) is 15.3. The molecule has 4 nitrogen and oxygen atoms in total. The topological polar surface area (TPSA) is 41.9 Å². The van der Waals surface area contributed by atoms with Gasteiger partial charge in [-0.2, -0.15) is 8.78 Å². The van der Waals surface area contributed by atoms with Crippen molar-refractivity contribution in [3.05, 3.63) is 36.0 Å². The number of halogens is 2. The third-order valence-corrected chi connectivity index (χ3v) is 4.87. The third kappa shape index (κ3) is 4.95. The molecule has 3 rings (SSSR count). The van der Waals surface area contributed by atoms with E-state index in [-0.39, 0.29) is 11.9 Å². The molecule has 1 aliphatic carbocycles. The van der Waals surface area contributed by atoms with Crippen molar-refractivity contribution in [1.29, 1.82) is 0 Å². The van der Waals surface area contributed by atoms with Crippen LogP contribution in [-0.4, -0.2) is 36.1 Å². The van der Waals surface area contributed by atoms with Crippen LogP contribution in [0.15, 0.2) is 30.5 Å². The molecule has 0 spiro atoms. The van der Waals surface area contributed by atoms with Gasteiger partial charge in [0.25, 0.3) is 0 Å². The van der Waals surface area contributed by atoms with Gasteiger partial charge in [0, 0.05) is 24.0 Å². The fourth-order valence-corrected chi connectivity index (χ4v) is 3.64. The summed E-state index contributed by atoms with van der Waals surface area (Å²) in [5.74, 6) is 0.196. The summed E-state index contributed by atoms with van der Waals surface area (Å²) in [4.78, 5) is 2.18. The van der Waals surface area contributed by atoms with Gasteiger partial charge in [0.15, 0.2) is 0 Å². The summed E-state index contributed by atoms with van der Waals surface area (Å²) >= 11 is 0. The number of rotatable bonds is 6. The van der Waals surface area contributed by atoms with Gasteiger partial charge in [0.1, 0.15) is 5.75 Å². The zero-order chi connectivity index (χ0) is 18.7. The van der Waals surface area contributed by atoms with E-state index in [0.717, 1.165) is 43.4 Å². The number of alkyl halides is 2. The van der Waals surface area contributed by atoms with Gasteiger partial charge in [0.2, 0.25) is 0 Å². The highest BCUT2D eigenvalue weighted by Crippen LogP contribution is 2.36. The molecule has 0 unspecified atom stereocenters. The standard InChI is InChI=1S/C20H27F2NO3/c1-20(2,24)13-25-16-9-6-15(7-10-16)23-11-3-4-14-5-8-17(12-18(14)23)26-19(21)22/h3,5,8,11-12,15-16,19,24H,4,6-7,9-10,13H2,1-2H3/t15-,16-. The van der Waals surface area contributed by atoms with Crippen molar-refractivity contribution in [3.63, 3.8) is 0 Å². The second-order valence-electron chi connectivity index (χ2n) is 7.72. The maximum absolute atomic E-state index is 12.5. The average Bonchev–Trinajstić information content (AvgIpc) is 2.59. The summed E-state index contributed by atoms with van der Waals surface area (Å²) < 4.78 is 35.4. The van der Waals surface area contributed by atoms with E-state index in [1.807, 2.05) is 6.07 Å². The highest BCUT2D eigenvalue weighted by atomic mass is 19.3. The highest BCUT2D eigenvalue weighted by Gasteiger charge is 2.29. The van der Waals surface area contributed by atoms with Crippen LogP contribution in [0.3, 0.4) is 0 Å². The Hall–Kier alpha value is -1.66. The van der Waals surface area contributed by atoms with Crippen LogP contribution >= 0.6 is 0 Å². The number of ether oxygens (including phenoxy) is 2. The monoisotopic (exact) mass is 367 g/mol. The fourth-order valence-electron chi connectivity index (χ4n) is 3.64. The number of hydrogen-bond acceptors (Lipinski definition) is 4. The lowest BCUT2D eigenvalue weighted by atomic mass is 9.90. The Morgan fingerprint density at radius 2 is 1.96 bits per heavy atom. The van der Waals surface area contributed by atoms with Crippen molar-refractivity contribution in [1.82, 2.24) is 0 Å². The summed E-state index contributed by atoms with van der Waals surface area (Å²) in [5.41, 5.74) is 1.26. The minimum absolute atomic E-state index is 0.166. The Morgan fingerprint density at radius 1 is 1.23 bits per heavy atom. The van der Waals surface area contributed by atoms with Crippen molar-refractivity contribution in [3.8, 4) is 5.75 Å². The van der Waals surface area contributed by atoms with Crippen molar-refractivity contribution < 1.29 is 23.4 Å². The van der Waals surface area contributed by atoms with Crippen LogP contribution in [0, 0.1) is 0 Å². The maximum atomic E-state index is 12.5. The molecule has 1 fully saturated rings. The van der Waals surface area contributed by atoms with Crippen LogP contribution in [0.25, 0.3) is 0 Å². The number of hydrogen-bond donors (Lipinski definition) is 1. The zero-order valence-corrected chi connectivity index (χ0v) is 15.3. The molecule has 0 aromatic heterocycles. The first-order valence-corrected chi connectivity index (χ1v) is 9.18. The van der Waals surface area contributed by atoms with E-state index in [1.54, 1.807) is 26.0 Å². The van der Waals surface area contributed by atoms with E-state index >= 15 is 0 Å². The Kier molecular flexibility index (Phi) is 5.82. The molecule has 1 N–H and O–H groups in total. The summed E-state index contributed by atoms with van der Waals surface area (Å²) in [6.45, 7) is 1.01. The van der Waals surface area contributed by atoms with E-state index in [1.165, 1.54) is 0 Å². The molecule has 1 aromatic rings. The minimum Gasteiger partial charge on any atom is -0.435 e. The average molecular weight is 367 g/mol. The van der Waals surface area contributed by atoms with Crippen LogP contribution in [0.5, 0.6) is 5.75 Å². The largest absolute Gasteiger partial charge is 0.435 e. The second-order valence-corrected chi connectivity index (χ2v) is 7.72. The van der Waals surface area contributed by atoms with Gasteiger partial charge in [-0.25, -0.2) is 0 Å². The number of allylic oxidation sites excluding steroid dienone is 1. The summed E-state index contributed by atoms with van der Waals surface area (Å²) in [6.07, 6.45) is 8.88. The molecule has 1 aromatic carbocycles. The molecule has 0 bridgehead atoms. The Bertz CT molecular complexity index is 634. The molecule has 2 aliphatic rings. The first-order chi connectivity index (χ1) is 12.3. The SMILES string of the molecule is CC(C)(O)CO[C@H]1CC[C@H](N2C=CCc3ccc(OC(F)F)cc32)CC1. The summed E-state index contributed by atoms with van der Waals surface area (Å²) in [5, 5.41) is 9.79. The highest BCUT2D eigenvalue weighted by molar-refractivity contribution is 5.62. The van der Waals surface area contributed by atoms with Crippen molar-refractivity contribution >= 4 is 5.69 Å². The van der Waals surface area contributed by atoms with Crippen LogP contribution < -0.4 is 9.64 Å². The molecule has 0 saturated heterocycles. The number of fused-ring (bicyclic) bond motifs is 1. The van der Waals surface area contributed by atoms with Gasteiger partial charge in [-0.3, -0.25) is 0 Å². The molecule has 0 radical (unpaired) electrons. The number of aliphatic hydroxyl groups is 1. The summed E-state index contributed by atoms with van der Waals surface area (Å²) in [7, 11) is 0. The number of anilines is 1. The molecule has 0 atom stereocenters. The van der Waals surface area contributed by atoms with E-state index in [4.69, 9.17) is 4.74 Å². The van der Waals surface area contributed by atoms with Gasteiger partial charge in [0.05, 0.1) is 18.3 Å². The first kappa shape index (κ1) is 19.1. The smallest absolute Gasteiger partial charge is 0.387 e. The lowest BCUT2D eigenvalue weighted by Gasteiger charge is -2.39. The molecule has 26 heavy (non-hydrogen) atoms. The van der Waals surface area contributed by atoms with E-state index in [2.05, 4.69) is 21.9 Å². The molecule has 6 heteroatoms. The molecular weight excluding hydrogens is 340 g/mol. The third-order valence-electron chi connectivity index (χ3n) is 4.87. The second kappa shape index (κ2) is 7.92. The summed E-state index contributed by atoms with van der Waals surface area (Å²) in [6, 6.07) is 5.49. The maximum Gasteiger partial charge on any atom is 0.387 e. The van der Waals surface area contributed by atoms with Crippen LogP contribution in [0.2, 0.25) is 0 Å². The molecule has 1 saturated carbocycles. The molecular formula is C20H27F2NO3. The molecule has 0 amide bonds. The van der Waals surface area contributed by atoms with Crippen molar-refractivity contribution in [2.45, 2.75) is 70.3 Å². The van der Waals surface area contributed by atoms with E-state index < -0.39 is 12.2 Å². The molecule has 1 heterocycles. The quantitative estimate of drug-likeness (QED) is 0.816. The van der Waals surface area contributed by atoms with Crippen molar-refractivity contribution in [2.75, 3.05) is 11.5 Å². The van der Waals surface area contributed by atoms with E-state index in [9.17, 15) is 13.9 Å². The fraction of sp³-hybridized carbons (Fsp3) is 0.600. The number of nitrogens with zero attached hydrogens (tertiary/aromatic N) is 1. The van der Waals surface area contributed by atoms with Gasteiger partial charge >= 0.3 is 6.61 Å². The van der Waals surface area contributed by atoms with Gasteiger partial charge in [-0.05, 0) is 57.6 Å². The lowest BCUT2D eigenvalue weighted by molar-refractivity contribution is -0.0634. The molecule has 1 aliphatic heterocycles. The number of benzene rings is 1. The Labute approximate surface area is 153 Å². The first-order valence-electron chi connectivity index (χ1n) is 9.18. The minimum atomic E-state index is -2.82. The van der Waals surface area contributed by atoms with Gasteiger partial charge in [-0.1, -0.05) is 12.1 Å². The predicted molar refractivity (Wildman–Crippen MR) is 96.7 cm³/mol. The van der Waals surface area contributed by atoms with Crippen molar-refractivity contribution in [2.24, 2.45) is 0 Å². The molecule has 144 valence electrons. The van der Waals surface area contributed by atoms with Crippen LogP contribution in [0.4, 0.5) is 14.5 Å². The normalized spacial score (nSPS) is 23.2. The van der Waals surface area contributed by atoms with E-state index in [0.29, 0.717) is 12.6 Å². The predicted octanol–water partition coefficient (Wildman–Crippen LogP) is 4.26. The van der Waals surface area contributed by atoms with Crippen LogP contribution in [-0.2, 0) is 11.2 Å². The van der Waals surface area contributed by atoms with Crippen LogP contribution in [0.1, 0.15) is 45.1 Å². The Morgan fingerprint density at radius 3 is 2.62 bits per heavy atom. The Balaban J connectivity index is 1.64. The lowest BCUT2D eigenvalue weighted by Crippen LogP contribution is -2.39.